The largest absolute Gasteiger partial charge is 0.490 e. The van der Waals surface area contributed by atoms with E-state index >= 15 is 0 Å². The molecule has 0 aliphatic heterocycles. The molecule has 2 aromatic rings. The van der Waals surface area contributed by atoms with Crippen molar-refractivity contribution in [3.63, 3.8) is 0 Å². The second-order valence-electron chi connectivity index (χ2n) is 5.32. The van der Waals surface area contributed by atoms with E-state index < -0.39 is 5.97 Å². The topological polar surface area (TPSA) is 88.4 Å². The van der Waals surface area contributed by atoms with Crippen LogP contribution in [-0.2, 0) is 4.79 Å². The normalized spacial score (nSPS) is 10.0. The first-order valence-corrected chi connectivity index (χ1v) is 9.64. The summed E-state index contributed by atoms with van der Waals surface area (Å²) < 4.78 is 12.1. The molecule has 8 heteroatoms. The van der Waals surface area contributed by atoms with E-state index in [-0.39, 0.29) is 24.6 Å². The Balaban J connectivity index is 1.95. The van der Waals surface area contributed by atoms with Crippen molar-refractivity contribution in [2.75, 3.05) is 13.2 Å². The van der Waals surface area contributed by atoms with Crippen LogP contribution in [0.4, 0.5) is 0 Å². The van der Waals surface area contributed by atoms with Gasteiger partial charge in [0.1, 0.15) is 0 Å². The summed E-state index contributed by atoms with van der Waals surface area (Å²) in [7, 11) is 0. The lowest BCUT2D eigenvalue weighted by atomic mass is 10.2. The van der Waals surface area contributed by atoms with Crippen LogP contribution in [0.2, 0.25) is 0 Å². The van der Waals surface area contributed by atoms with E-state index in [1.165, 1.54) is 6.07 Å². The lowest BCUT2D eigenvalue weighted by Crippen LogP contribution is -2.27. The molecule has 0 aromatic heterocycles. The number of nitriles is 1. The molecule has 0 saturated heterocycles. The number of hydrogen-bond acceptors (Lipinski definition) is 5. The van der Waals surface area contributed by atoms with Crippen molar-refractivity contribution >= 4 is 43.7 Å². The molecule has 2 aromatic carbocycles. The van der Waals surface area contributed by atoms with Crippen LogP contribution in [-0.4, -0.2) is 25.0 Å². The number of nitrogens with one attached hydrogen (secondary N) is 1. The zero-order chi connectivity index (χ0) is 19.8. The van der Waals surface area contributed by atoms with Crippen LogP contribution in [0.3, 0.4) is 0 Å². The van der Waals surface area contributed by atoms with E-state index in [0.29, 0.717) is 28.0 Å². The molecule has 0 aliphatic carbocycles. The number of ether oxygens (including phenoxy) is 2. The standard InChI is InChI=1S/C19H16Br2N2O4/c1-2-26-16-10-12(11-22)9-15(21)18(16)27-17(24)7-8-23-19(25)13-3-5-14(20)6-4-13/h3-6,9-10H,2,7-8H2,1H3,(H,23,25). The summed E-state index contributed by atoms with van der Waals surface area (Å²) in [4.78, 5) is 24.1. The Morgan fingerprint density at radius 3 is 2.52 bits per heavy atom. The summed E-state index contributed by atoms with van der Waals surface area (Å²) in [6.45, 7) is 2.27. The highest BCUT2D eigenvalue weighted by atomic mass is 79.9. The monoisotopic (exact) mass is 494 g/mol. The Morgan fingerprint density at radius 2 is 1.89 bits per heavy atom. The van der Waals surface area contributed by atoms with E-state index in [4.69, 9.17) is 14.7 Å². The lowest BCUT2D eigenvalue weighted by Gasteiger charge is -2.13. The van der Waals surface area contributed by atoms with E-state index in [2.05, 4.69) is 37.2 Å². The Bertz CT molecular complexity index is 877. The Kier molecular flexibility index (Phi) is 7.82. The SMILES string of the molecule is CCOc1cc(C#N)cc(Br)c1OC(=O)CCNC(=O)c1ccc(Br)cc1. The van der Waals surface area contributed by atoms with Crippen molar-refractivity contribution < 1.29 is 19.1 Å². The summed E-state index contributed by atoms with van der Waals surface area (Å²) in [6.07, 6.45) is -0.0136. The predicted octanol–water partition coefficient (Wildman–Crippen LogP) is 4.21. The second kappa shape index (κ2) is 10.1. The van der Waals surface area contributed by atoms with Crippen molar-refractivity contribution in [2.45, 2.75) is 13.3 Å². The average Bonchev–Trinajstić information content (AvgIpc) is 2.64. The zero-order valence-corrected chi connectivity index (χ0v) is 17.6. The molecule has 27 heavy (non-hydrogen) atoms. The van der Waals surface area contributed by atoms with Gasteiger partial charge in [0.25, 0.3) is 5.91 Å². The van der Waals surface area contributed by atoms with Gasteiger partial charge in [-0.15, -0.1) is 0 Å². The van der Waals surface area contributed by atoms with Crippen LogP contribution in [0.15, 0.2) is 45.3 Å². The number of hydrogen-bond donors (Lipinski definition) is 1. The molecule has 0 radical (unpaired) electrons. The van der Waals surface area contributed by atoms with Crippen molar-refractivity contribution in [1.29, 1.82) is 5.26 Å². The second-order valence-corrected chi connectivity index (χ2v) is 7.09. The summed E-state index contributed by atoms with van der Waals surface area (Å²) in [5.74, 6) is -0.293. The molecule has 0 saturated carbocycles. The van der Waals surface area contributed by atoms with E-state index in [1.807, 2.05) is 6.07 Å². The maximum absolute atomic E-state index is 12.1. The molecular weight excluding hydrogens is 480 g/mol. The quantitative estimate of drug-likeness (QED) is 0.459. The highest BCUT2D eigenvalue weighted by Crippen LogP contribution is 2.37. The van der Waals surface area contributed by atoms with E-state index in [9.17, 15) is 9.59 Å². The lowest BCUT2D eigenvalue weighted by molar-refractivity contribution is -0.134. The molecule has 0 bridgehead atoms. The minimum Gasteiger partial charge on any atom is -0.490 e. The maximum atomic E-state index is 12.1. The van der Waals surface area contributed by atoms with Gasteiger partial charge in [-0.3, -0.25) is 9.59 Å². The smallest absolute Gasteiger partial charge is 0.313 e. The summed E-state index contributed by atoms with van der Waals surface area (Å²) in [5.41, 5.74) is 0.881. The number of benzene rings is 2. The van der Waals surface area contributed by atoms with Gasteiger partial charge in [-0.05, 0) is 53.2 Å². The first kappa shape index (κ1) is 20.9. The summed E-state index contributed by atoms with van der Waals surface area (Å²) in [6, 6.07) is 12.0. The van der Waals surface area contributed by atoms with Gasteiger partial charge < -0.3 is 14.8 Å². The van der Waals surface area contributed by atoms with Gasteiger partial charge in [0, 0.05) is 22.6 Å². The van der Waals surface area contributed by atoms with E-state index in [0.717, 1.165) is 4.47 Å². The van der Waals surface area contributed by atoms with Crippen molar-refractivity contribution in [1.82, 2.24) is 5.32 Å². The van der Waals surface area contributed by atoms with Gasteiger partial charge in [0.2, 0.25) is 0 Å². The summed E-state index contributed by atoms with van der Waals surface area (Å²) >= 11 is 6.59. The van der Waals surface area contributed by atoms with Crippen molar-refractivity contribution in [3.05, 3.63) is 56.5 Å². The molecule has 2 rings (SSSR count). The average molecular weight is 496 g/mol. The Labute approximate surface area is 173 Å². The molecule has 6 nitrogen and oxygen atoms in total. The number of rotatable bonds is 7. The van der Waals surface area contributed by atoms with Crippen molar-refractivity contribution in [3.8, 4) is 17.6 Å². The molecule has 0 aliphatic rings. The minimum absolute atomic E-state index is 0.0136. The van der Waals surface area contributed by atoms with E-state index in [1.54, 1.807) is 37.3 Å². The maximum Gasteiger partial charge on any atom is 0.313 e. The Hall–Kier alpha value is -2.37. The molecule has 0 heterocycles. The zero-order valence-electron chi connectivity index (χ0n) is 14.4. The number of halogens is 2. The van der Waals surface area contributed by atoms with Crippen molar-refractivity contribution in [2.24, 2.45) is 0 Å². The molecule has 0 unspecified atom stereocenters. The van der Waals surface area contributed by atoms with Crippen LogP contribution in [0, 0.1) is 11.3 Å². The fraction of sp³-hybridized carbons (Fsp3) is 0.211. The third-order valence-electron chi connectivity index (χ3n) is 3.38. The third kappa shape index (κ3) is 6.08. The highest BCUT2D eigenvalue weighted by molar-refractivity contribution is 9.10. The van der Waals surface area contributed by atoms with Gasteiger partial charge in [-0.25, -0.2) is 0 Å². The molecule has 140 valence electrons. The molecule has 0 atom stereocenters. The van der Waals surface area contributed by atoms with Crippen LogP contribution in [0.25, 0.3) is 0 Å². The molecule has 0 fully saturated rings. The van der Waals surface area contributed by atoms with Crippen LogP contribution in [0.5, 0.6) is 11.5 Å². The molecule has 1 amide bonds. The number of carbonyl (C=O) groups excluding carboxylic acids is 2. The third-order valence-corrected chi connectivity index (χ3v) is 4.49. The fourth-order valence-electron chi connectivity index (χ4n) is 2.14. The molecule has 0 spiro atoms. The van der Waals surface area contributed by atoms with Gasteiger partial charge >= 0.3 is 5.97 Å². The van der Waals surface area contributed by atoms with Gasteiger partial charge in [0.05, 0.1) is 29.1 Å². The van der Waals surface area contributed by atoms with Crippen LogP contribution < -0.4 is 14.8 Å². The first-order chi connectivity index (χ1) is 12.9. The van der Waals surface area contributed by atoms with Gasteiger partial charge in [-0.1, -0.05) is 15.9 Å². The minimum atomic E-state index is -0.530. The molecule has 1 N–H and O–H groups in total. The van der Waals surface area contributed by atoms with Gasteiger partial charge in [0.15, 0.2) is 11.5 Å². The van der Waals surface area contributed by atoms with Crippen LogP contribution >= 0.6 is 31.9 Å². The number of amides is 1. The van der Waals surface area contributed by atoms with Crippen LogP contribution in [0.1, 0.15) is 29.3 Å². The number of esters is 1. The predicted molar refractivity (Wildman–Crippen MR) is 107 cm³/mol. The number of carbonyl (C=O) groups is 2. The number of nitrogens with zero attached hydrogens (tertiary/aromatic N) is 1. The highest BCUT2D eigenvalue weighted by Gasteiger charge is 2.16. The summed E-state index contributed by atoms with van der Waals surface area (Å²) in [5, 5.41) is 11.7. The first-order valence-electron chi connectivity index (χ1n) is 8.05. The Morgan fingerprint density at radius 1 is 1.19 bits per heavy atom. The molecular formula is C19H16Br2N2O4. The van der Waals surface area contributed by atoms with Gasteiger partial charge in [-0.2, -0.15) is 5.26 Å². The fourth-order valence-corrected chi connectivity index (χ4v) is 2.93.